The van der Waals surface area contributed by atoms with Crippen LogP contribution in [0, 0.1) is 23.6 Å². The van der Waals surface area contributed by atoms with E-state index in [1.807, 2.05) is 0 Å². The number of fused-ring (bicyclic) bond motifs is 2. The molecule has 2 bridgehead atoms. The van der Waals surface area contributed by atoms with Crippen LogP contribution in [0.2, 0.25) is 0 Å². The first-order valence-corrected chi connectivity index (χ1v) is 15.3. The molecular formula is C30H29F4N3O6S. The van der Waals surface area contributed by atoms with E-state index in [1.165, 1.54) is 36.1 Å². The summed E-state index contributed by atoms with van der Waals surface area (Å²) >= 11 is 0. The molecule has 2 N–H and O–H groups in total. The third kappa shape index (κ3) is 5.70. The van der Waals surface area contributed by atoms with Gasteiger partial charge in [-0.1, -0.05) is 6.07 Å². The highest BCUT2D eigenvalue weighted by Crippen LogP contribution is 2.49. The van der Waals surface area contributed by atoms with Crippen molar-refractivity contribution >= 4 is 27.3 Å². The number of nitrogens with one attached hydrogen (secondary N) is 2. The number of ether oxygens (including phenoxy) is 1. The minimum atomic E-state index is -5.62. The summed E-state index contributed by atoms with van der Waals surface area (Å²) in [5.41, 5.74) is -5.73. The number of anilines is 1. The van der Waals surface area contributed by atoms with Crippen LogP contribution in [0.1, 0.15) is 36.5 Å². The van der Waals surface area contributed by atoms with Gasteiger partial charge < -0.3 is 19.9 Å². The topological polar surface area (TPSA) is 124 Å². The summed E-state index contributed by atoms with van der Waals surface area (Å²) in [6.07, 6.45) is 3.59. The van der Waals surface area contributed by atoms with Crippen molar-refractivity contribution in [2.45, 2.75) is 49.2 Å². The first-order valence-electron chi connectivity index (χ1n) is 13.9. The Morgan fingerprint density at radius 3 is 2.45 bits per heavy atom. The highest BCUT2D eigenvalue weighted by Gasteiger charge is 2.52. The summed E-state index contributed by atoms with van der Waals surface area (Å²) in [7, 11) is -4.35. The van der Waals surface area contributed by atoms with Crippen molar-refractivity contribution in [1.82, 2.24) is 9.88 Å². The zero-order valence-electron chi connectivity index (χ0n) is 23.7. The molecule has 5 rings (SSSR count). The first-order chi connectivity index (χ1) is 20.7. The van der Waals surface area contributed by atoms with E-state index in [0.717, 1.165) is 30.7 Å². The molecule has 4 atom stereocenters. The Balaban J connectivity index is 1.40. The summed E-state index contributed by atoms with van der Waals surface area (Å²) < 4.78 is 84.7. The van der Waals surface area contributed by atoms with Gasteiger partial charge in [0.2, 0.25) is 5.91 Å². The van der Waals surface area contributed by atoms with Gasteiger partial charge in [0.1, 0.15) is 11.6 Å². The molecular weight excluding hydrogens is 606 g/mol. The number of aryl methyl sites for hydroxylation is 1. The average Bonchev–Trinajstić information content (AvgIpc) is 3.58. The van der Waals surface area contributed by atoms with Gasteiger partial charge in [0.15, 0.2) is 0 Å². The van der Waals surface area contributed by atoms with Gasteiger partial charge in [-0.05, 0) is 73.9 Å². The van der Waals surface area contributed by atoms with E-state index in [9.17, 15) is 36.0 Å². The molecule has 2 aliphatic rings. The molecule has 2 aliphatic carbocycles. The molecule has 1 aromatic heterocycles. The van der Waals surface area contributed by atoms with Crippen molar-refractivity contribution in [1.29, 1.82) is 0 Å². The van der Waals surface area contributed by atoms with E-state index in [-0.39, 0.29) is 45.5 Å². The number of methoxy groups -OCH3 is 1. The number of amides is 2. The van der Waals surface area contributed by atoms with Crippen LogP contribution >= 0.6 is 0 Å². The zero-order chi connectivity index (χ0) is 32.0. The van der Waals surface area contributed by atoms with Crippen LogP contribution in [0.5, 0.6) is 5.75 Å². The lowest BCUT2D eigenvalue weighted by molar-refractivity contribution is -0.122. The molecule has 2 fully saturated rings. The molecule has 2 amide bonds. The first kappa shape index (κ1) is 31.2. The Morgan fingerprint density at radius 2 is 1.80 bits per heavy atom. The normalized spacial score (nSPS) is 21.2. The standard InChI is InChI=1S/C30H29F4N3O6S/c1-3-37-10-9-16(12-25(37)38)21-14-22(24(43-2)15-23(21)31)28(39)36-27-18-8-7-17(11-18)26(27)29(40)35-19-5-4-6-20(13-19)44(41,42)30(32,33)34/h4-6,9-10,12-15,17-18,26-27H,3,7-8,11H2,1-2H3,(H,35,40)(H,36,39)/t17-,18+,26+,27-/m1/s1. The molecule has 0 unspecified atom stereocenters. The van der Waals surface area contributed by atoms with E-state index in [4.69, 9.17) is 4.74 Å². The van der Waals surface area contributed by atoms with Crippen molar-refractivity contribution in [2.24, 2.45) is 17.8 Å². The molecule has 2 aromatic carbocycles. The lowest BCUT2D eigenvalue weighted by Gasteiger charge is -2.31. The Bertz CT molecular complexity index is 1790. The number of halogens is 4. The highest BCUT2D eigenvalue weighted by atomic mass is 32.2. The van der Waals surface area contributed by atoms with E-state index in [0.29, 0.717) is 19.4 Å². The second-order valence-corrected chi connectivity index (χ2v) is 12.8. The van der Waals surface area contributed by atoms with Gasteiger partial charge in [-0.25, -0.2) is 12.8 Å². The largest absolute Gasteiger partial charge is 0.501 e. The van der Waals surface area contributed by atoms with Gasteiger partial charge in [-0.15, -0.1) is 0 Å². The van der Waals surface area contributed by atoms with Gasteiger partial charge in [0.25, 0.3) is 21.3 Å². The van der Waals surface area contributed by atoms with E-state index < -0.39 is 49.8 Å². The summed E-state index contributed by atoms with van der Waals surface area (Å²) in [5.74, 6) is -2.93. The molecule has 0 spiro atoms. The fourth-order valence-corrected chi connectivity index (χ4v) is 7.07. The van der Waals surface area contributed by atoms with Gasteiger partial charge in [0, 0.05) is 42.2 Å². The third-order valence-corrected chi connectivity index (χ3v) is 9.90. The number of hydrogen-bond donors (Lipinski definition) is 2. The van der Waals surface area contributed by atoms with Crippen molar-refractivity contribution < 1.29 is 40.3 Å². The minimum absolute atomic E-state index is 0.00669. The molecule has 2 saturated carbocycles. The second kappa shape index (κ2) is 11.7. The summed E-state index contributed by atoms with van der Waals surface area (Å²) in [5, 5.41) is 5.41. The Morgan fingerprint density at radius 1 is 1.07 bits per heavy atom. The molecule has 1 heterocycles. The van der Waals surface area contributed by atoms with Crippen LogP contribution in [0.3, 0.4) is 0 Å². The maximum absolute atomic E-state index is 15.1. The summed E-state index contributed by atoms with van der Waals surface area (Å²) in [6, 6.07) is 8.39. The molecule has 3 aromatic rings. The Hall–Kier alpha value is -4.20. The van der Waals surface area contributed by atoms with Crippen molar-refractivity contribution in [3.63, 3.8) is 0 Å². The fourth-order valence-electron chi connectivity index (χ4n) is 6.26. The highest BCUT2D eigenvalue weighted by molar-refractivity contribution is 7.92. The number of nitrogens with zero attached hydrogens (tertiary/aromatic N) is 1. The predicted octanol–water partition coefficient (Wildman–Crippen LogP) is 4.76. The SMILES string of the molecule is CCn1ccc(-c2cc(C(=O)N[C@@H]3[C@H]4CC[C@H](C4)[C@@H]3C(=O)Nc3cccc(S(=O)(=O)C(F)(F)F)c3)c(OC)cc2F)cc1=O. The van der Waals surface area contributed by atoms with E-state index >= 15 is 4.39 Å². The van der Waals surface area contributed by atoms with Crippen LogP contribution < -0.4 is 20.9 Å². The monoisotopic (exact) mass is 635 g/mol. The predicted molar refractivity (Wildman–Crippen MR) is 152 cm³/mol. The lowest BCUT2D eigenvalue weighted by atomic mass is 9.83. The maximum atomic E-state index is 15.1. The summed E-state index contributed by atoms with van der Waals surface area (Å²) in [6.45, 7) is 2.21. The Labute approximate surface area is 250 Å². The van der Waals surface area contributed by atoms with Crippen LogP contribution in [0.15, 0.2) is 64.4 Å². The molecule has 234 valence electrons. The van der Waals surface area contributed by atoms with Crippen molar-refractivity contribution in [3.8, 4) is 16.9 Å². The van der Waals surface area contributed by atoms with E-state index in [2.05, 4.69) is 10.6 Å². The molecule has 0 aliphatic heterocycles. The fraction of sp³-hybridized carbons (Fsp3) is 0.367. The Kier molecular flexibility index (Phi) is 8.31. The van der Waals surface area contributed by atoms with Gasteiger partial charge >= 0.3 is 5.51 Å². The third-order valence-electron chi connectivity index (χ3n) is 8.42. The van der Waals surface area contributed by atoms with Gasteiger partial charge in [0.05, 0.1) is 23.5 Å². The number of pyridine rings is 1. The molecule has 14 heteroatoms. The number of benzene rings is 2. The van der Waals surface area contributed by atoms with Crippen LogP contribution in [-0.2, 0) is 21.2 Å². The number of rotatable bonds is 8. The number of sulfone groups is 1. The molecule has 9 nitrogen and oxygen atoms in total. The van der Waals surface area contributed by atoms with Crippen LogP contribution in [0.25, 0.3) is 11.1 Å². The number of carbonyl (C=O) groups excluding carboxylic acids is 2. The quantitative estimate of drug-likeness (QED) is 0.344. The van der Waals surface area contributed by atoms with Crippen LogP contribution in [-0.4, -0.2) is 43.5 Å². The van der Waals surface area contributed by atoms with Crippen LogP contribution in [0.4, 0.5) is 23.2 Å². The molecule has 0 saturated heterocycles. The summed E-state index contributed by atoms with van der Waals surface area (Å²) in [4.78, 5) is 38.4. The number of carbonyl (C=O) groups is 2. The second-order valence-electron chi connectivity index (χ2n) is 10.9. The number of aromatic nitrogens is 1. The molecule has 44 heavy (non-hydrogen) atoms. The van der Waals surface area contributed by atoms with Crippen molar-refractivity contribution in [2.75, 3.05) is 12.4 Å². The minimum Gasteiger partial charge on any atom is -0.496 e. The zero-order valence-corrected chi connectivity index (χ0v) is 24.5. The average molecular weight is 636 g/mol. The lowest BCUT2D eigenvalue weighted by Crippen LogP contribution is -2.48. The van der Waals surface area contributed by atoms with Gasteiger partial charge in [-0.2, -0.15) is 13.2 Å². The van der Waals surface area contributed by atoms with E-state index in [1.54, 1.807) is 13.0 Å². The maximum Gasteiger partial charge on any atom is 0.501 e. The number of hydrogen-bond acceptors (Lipinski definition) is 6. The van der Waals surface area contributed by atoms with Gasteiger partial charge in [-0.3, -0.25) is 14.4 Å². The number of alkyl halides is 3. The smallest absolute Gasteiger partial charge is 0.496 e. The molecule has 0 radical (unpaired) electrons. The van der Waals surface area contributed by atoms with Crippen molar-refractivity contribution in [3.05, 3.63) is 76.5 Å².